The van der Waals surface area contributed by atoms with E-state index in [1.807, 2.05) is 12.1 Å². The van der Waals surface area contributed by atoms with Crippen LogP contribution in [0.15, 0.2) is 42.5 Å². The molecule has 28 heavy (non-hydrogen) atoms. The lowest BCUT2D eigenvalue weighted by molar-refractivity contribution is 0.0957. The van der Waals surface area contributed by atoms with Crippen molar-refractivity contribution in [1.82, 2.24) is 4.90 Å². The minimum atomic E-state index is -0.422. The minimum absolute atomic E-state index is 0.190. The third-order valence-electron chi connectivity index (χ3n) is 5.99. The van der Waals surface area contributed by atoms with Crippen molar-refractivity contribution >= 4 is 5.91 Å². The van der Waals surface area contributed by atoms with E-state index >= 15 is 0 Å². The van der Waals surface area contributed by atoms with E-state index in [4.69, 9.17) is 15.2 Å². The molecule has 1 aliphatic carbocycles. The Morgan fingerprint density at radius 1 is 1.11 bits per heavy atom. The number of ether oxygens (including phenoxy) is 2. The fraction of sp³-hybridized carbons (Fsp3) is 0.435. The average molecular weight is 380 g/mol. The number of nitrogens with two attached hydrogens (primary N) is 1. The van der Waals surface area contributed by atoms with Gasteiger partial charge < -0.3 is 20.1 Å². The van der Waals surface area contributed by atoms with Crippen LogP contribution in [-0.2, 0) is 6.42 Å². The smallest absolute Gasteiger partial charge is 0.248 e. The molecule has 1 heterocycles. The lowest BCUT2D eigenvalue weighted by Gasteiger charge is -2.34. The molecule has 1 saturated heterocycles. The van der Waals surface area contributed by atoms with E-state index in [0.717, 1.165) is 44.0 Å². The van der Waals surface area contributed by atoms with Crippen LogP contribution in [0, 0.1) is 0 Å². The van der Waals surface area contributed by atoms with Crippen LogP contribution in [0.5, 0.6) is 11.5 Å². The molecule has 2 aromatic carbocycles. The number of piperidine rings is 1. The van der Waals surface area contributed by atoms with Crippen molar-refractivity contribution < 1.29 is 14.3 Å². The number of primary amides is 1. The third kappa shape index (κ3) is 4.14. The SMILES string of the molecule is COc1ccc2c(c1)C(CN1CCC(Oc3cccc(C(N)=O)c3)CC1)CC2. The number of hydrogen-bond donors (Lipinski definition) is 1. The van der Waals surface area contributed by atoms with E-state index in [1.165, 1.54) is 24.0 Å². The van der Waals surface area contributed by atoms with Crippen LogP contribution in [0.4, 0.5) is 0 Å². The van der Waals surface area contributed by atoms with Gasteiger partial charge in [0.25, 0.3) is 0 Å². The van der Waals surface area contributed by atoms with Gasteiger partial charge in [-0.2, -0.15) is 0 Å². The van der Waals surface area contributed by atoms with Crippen molar-refractivity contribution in [3.05, 3.63) is 59.2 Å². The van der Waals surface area contributed by atoms with Gasteiger partial charge in [-0.3, -0.25) is 4.79 Å². The van der Waals surface area contributed by atoms with Crippen molar-refractivity contribution in [2.45, 2.75) is 37.7 Å². The number of fused-ring (bicyclic) bond motifs is 1. The minimum Gasteiger partial charge on any atom is -0.497 e. The zero-order valence-electron chi connectivity index (χ0n) is 16.4. The van der Waals surface area contributed by atoms with Gasteiger partial charge in [-0.05, 0) is 73.1 Å². The number of aryl methyl sites for hydroxylation is 1. The van der Waals surface area contributed by atoms with Gasteiger partial charge in [0, 0.05) is 25.2 Å². The van der Waals surface area contributed by atoms with E-state index < -0.39 is 5.91 Å². The van der Waals surface area contributed by atoms with E-state index in [0.29, 0.717) is 11.5 Å². The van der Waals surface area contributed by atoms with Gasteiger partial charge in [-0.15, -0.1) is 0 Å². The molecule has 1 amide bonds. The number of rotatable bonds is 6. The van der Waals surface area contributed by atoms with Gasteiger partial charge in [0.05, 0.1) is 7.11 Å². The Balaban J connectivity index is 1.31. The molecule has 0 spiro atoms. The van der Waals surface area contributed by atoms with Crippen LogP contribution in [0.1, 0.15) is 46.7 Å². The topological polar surface area (TPSA) is 64.8 Å². The van der Waals surface area contributed by atoms with Crippen LogP contribution in [0.3, 0.4) is 0 Å². The molecular weight excluding hydrogens is 352 g/mol. The Hall–Kier alpha value is -2.53. The second-order valence-electron chi connectivity index (χ2n) is 7.81. The predicted octanol–water partition coefficient (Wildman–Crippen LogP) is 3.37. The molecule has 1 atom stereocenters. The summed E-state index contributed by atoms with van der Waals surface area (Å²) in [4.78, 5) is 13.9. The van der Waals surface area contributed by atoms with Crippen molar-refractivity contribution in [2.75, 3.05) is 26.7 Å². The molecule has 0 saturated carbocycles. The number of benzene rings is 2. The molecule has 5 heteroatoms. The maximum absolute atomic E-state index is 11.3. The second kappa shape index (κ2) is 8.23. The molecule has 1 aliphatic heterocycles. The summed E-state index contributed by atoms with van der Waals surface area (Å²) >= 11 is 0. The summed E-state index contributed by atoms with van der Waals surface area (Å²) in [5.74, 6) is 1.85. The van der Waals surface area contributed by atoms with Gasteiger partial charge in [0.15, 0.2) is 0 Å². The molecule has 1 unspecified atom stereocenters. The molecule has 2 N–H and O–H groups in total. The number of hydrogen-bond acceptors (Lipinski definition) is 4. The van der Waals surface area contributed by atoms with E-state index in [2.05, 4.69) is 23.1 Å². The quantitative estimate of drug-likeness (QED) is 0.835. The molecule has 1 fully saturated rings. The molecule has 0 radical (unpaired) electrons. The highest BCUT2D eigenvalue weighted by Gasteiger charge is 2.27. The molecule has 2 aliphatic rings. The molecule has 0 aromatic heterocycles. The average Bonchev–Trinajstić information content (AvgIpc) is 3.11. The summed E-state index contributed by atoms with van der Waals surface area (Å²) in [6.45, 7) is 3.18. The molecule has 2 aromatic rings. The Labute approximate surface area is 166 Å². The zero-order chi connectivity index (χ0) is 19.5. The van der Waals surface area contributed by atoms with E-state index in [-0.39, 0.29) is 6.10 Å². The van der Waals surface area contributed by atoms with Crippen LogP contribution in [0.25, 0.3) is 0 Å². The Morgan fingerprint density at radius 2 is 1.93 bits per heavy atom. The highest BCUT2D eigenvalue weighted by atomic mass is 16.5. The summed E-state index contributed by atoms with van der Waals surface area (Å²) in [5.41, 5.74) is 8.78. The Bertz CT molecular complexity index is 843. The van der Waals surface area contributed by atoms with Gasteiger partial charge in [-0.25, -0.2) is 0 Å². The van der Waals surface area contributed by atoms with E-state index in [9.17, 15) is 4.79 Å². The maximum Gasteiger partial charge on any atom is 0.248 e. The first-order valence-corrected chi connectivity index (χ1v) is 10.1. The van der Waals surface area contributed by atoms with Crippen molar-refractivity contribution in [1.29, 1.82) is 0 Å². The standard InChI is InChI=1S/C23H28N2O3/c1-27-20-8-7-16-5-6-18(22(16)14-20)15-25-11-9-19(10-12-25)28-21-4-2-3-17(13-21)23(24)26/h2-4,7-8,13-14,18-19H,5-6,9-12,15H2,1H3,(H2,24,26). The van der Waals surface area contributed by atoms with Gasteiger partial charge >= 0.3 is 0 Å². The first-order chi connectivity index (χ1) is 13.6. The fourth-order valence-electron chi connectivity index (χ4n) is 4.42. The summed E-state index contributed by atoms with van der Waals surface area (Å²) in [6.07, 6.45) is 4.57. The zero-order valence-corrected chi connectivity index (χ0v) is 16.4. The summed E-state index contributed by atoms with van der Waals surface area (Å²) < 4.78 is 11.5. The van der Waals surface area contributed by atoms with Crippen molar-refractivity contribution in [3.63, 3.8) is 0 Å². The Kier molecular flexibility index (Phi) is 5.53. The van der Waals surface area contributed by atoms with Crippen LogP contribution < -0.4 is 15.2 Å². The second-order valence-corrected chi connectivity index (χ2v) is 7.81. The van der Waals surface area contributed by atoms with E-state index in [1.54, 1.807) is 19.2 Å². The molecule has 4 rings (SSSR count). The first-order valence-electron chi connectivity index (χ1n) is 10.1. The van der Waals surface area contributed by atoms with Crippen LogP contribution >= 0.6 is 0 Å². The summed E-state index contributed by atoms with van der Waals surface area (Å²) in [7, 11) is 1.73. The number of carbonyl (C=O) groups is 1. The summed E-state index contributed by atoms with van der Waals surface area (Å²) in [6, 6.07) is 13.7. The van der Waals surface area contributed by atoms with Crippen molar-refractivity contribution in [2.24, 2.45) is 5.73 Å². The molecule has 0 bridgehead atoms. The number of amides is 1. The number of nitrogens with zero attached hydrogens (tertiary/aromatic N) is 1. The molecular formula is C23H28N2O3. The van der Waals surface area contributed by atoms with Crippen molar-refractivity contribution in [3.8, 4) is 11.5 Å². The number of methoxy groups -OCH3 is 1. The molecule has 5 nitrogen and oxygen atoms in total. The summed E-state index contributed by atoms with van der Waals surface area (Å²) in [5, 5.41) is 0. The highest BCUT2D eigenvalue weighted by molar-refractivity contribution is 5.93. The monoisotopic (exact) mass is 380 g/mol. The third-order valence-corrected chi connectivity index (χ3v) is 5.99. The predicted molar refractivity (Wildman–Crippen MR) is 109 cm³/mol. The van der Waals surface area contributed by atoms with Gasteiger partial charge in [0.1, 0.15) is 17.6 Å². The maximum atomic E-state index is 11.3. The van der Waals surface area contributed by atoms with Crippen LogP contribution in [-0.4, -0.2) is 43.7 Å². The van der Waals surface area contributed by atoms with Gasteiger partial charge in [-0.1, -0.05) is 12.1 Å². The lowest BCUT2D eigenvalue weighted by Crippen LogP contribution is -2.40. The first kappa shape index (κ1) is 18.8. The normalized spacial score (nSPS) is 20.0. The fourth-order valence-corrected chi connectivity index (χ4v) is 4.42. The Morgan fingerprint density at radius 3 is 2.68 bits per heavy atom. The number of likely N-dealkylation sites (tertiary alicyclic amines) is 1. The van der Waals surface area contributed by atoms with Gasteiger partial charge in [0.2, 0.25) is 5.91 Å². The molecule has 148 valence electrons. The van der Waals surface area contributed by atoms with Crippen LogP contribution in [0.2, 0.25) is 0 Å². The highest BCUT2D eigenvalue weighted by Crippen LogP contribution is 2.36. The number of carbonyl (C=O) groups excluding carboxylic acids is 1. The largest absolute Gasteiger partial charge is 0.497 e. The lowest BCUT2D eigenvalue weighted by atomic mass is 9.98.